The van der Waals surface area contributed by atoms with Crippen LogP contribution in [0, 0.1) is 12.8 Å². The molecule has 17 nitrogen and oxygen atoms in total. The fraction of sp³-hybridized carbons (Fsp3) is 0.450. The summed E-state index contributed by atoms with van der Waals surface area (Å²) in [5, 5.41) is 16.2. The number of amides is 9. The van der Waals surface area contributed by atoms with E-state index in [1.54, 1.807) is 50.2 Å². The van der Waals surface area contributed by atoms with Gasteiger partial charge in [0.25, 0.3) is 17.7 Å². The first-order valence-electron chi connectivity index (χ1n) is 19.1. The van der Waals surface area contributed by atoms with Crippen LogP contribution in [0.1, 0.15) is 80.3 Å². The van der Waals surface area contributed by atoms with Gasteiger partial charge in [-0.15, -0.1) is 0 Å². The highest BCUT2D eigenvalue weighted by Crippen LogP contribution is 2.14. The first-order valence-corrected chi connectivity index (χ1v) is 19.1. The Morgan fingerprint density at radius 2 is 1.39 bits per heavy atom. The average Bonchev–Trinajstić information content (AvgIpc) is 3.49. The van der Waals surface area contributed by atoms with Gasteiger partial charge in [0.05, 0.1) is 0 Å². The van der Waals surface area contributed by atoms with Crippen molar-refractivity contribution in [2.24, 2.45) is 11.7 Å². The van der Waals surface area contributed by atoms with Crippen molar-refractivity contribution in [3.05, 3.63) is 77.4 Å². The van der Waals surface area contributed by atoms with Gasteiger partial charge in [0, 0.05) is 56.0 Å². The molecule has 17 heteroatoms. The van der Waals surface area contributed by atoms with E-state index in [2.05, 4.69) is 31.9 Å². The first-order chi connectivity index (χ1) is 27.2. The van der Waals surface area contributed by atoms with E-state index >= 15 is 0 Å². The lowest BCUT2D eigenvalue weighted by Crippen LogP contribution is -2.54. The van der Waals surface area contributed by atoms with Gasteiger partial charge in [-0.05, 0) is 74.8 Å². The van der Waals surface area contributed by atoms with Crippen LogP contribution >= 0.6 is 0 Å². The maximum atomic E-state index is 13.4. The molecular formula is C40H54N8O9. The highest BCUT2D eigenvalue weighted by molar-refractivity contribution is 6.12. The molecule has 2 unspecified atom stereocenters. The number of aryl methyl sites for hydroxylation is 1. The van der Waals surface area contributed by atoms with Gasteiger partial charge in [-0.2, -0.15) is 0 Å². The standard InChI is InChI=1S/C40H54N8O9/c1-26(2)35(47-32(49)10-5-4-6-24-48-33(50)19-20-34(48)51)38(54)46-31(9-7-21-43-39(41)55)37(53)45-30-17-13-28(14-18-30)25-57-40(56)44-23-8-22-42-36(52)29-15-11-27(3)12-16-29/h11-20,26,31,35H,4-10,21-25H2,1-3H3,(H,42,52)(H,44,56)(H,45,53)(H,46,54)(H,47,49)(H3,41,43,55). The quantitative estimate of drug-likeness (QED) is 0.0645. The zero-order valence-corrected chi connectivity index (χ0v) is 32.7. The smallest absolute Gasteiger partial charge is 0.407 e. The Balaban J connectivity index is 1.44. The van der Waals surface area contributed by atoms with Gasteiger partial charge in [-0.3, -0.25) is 33.7 Å². The van der Waals surface area contributed by atoms with Gasteiger partial charge in [0.15, 0.2) is 0 Å². The molecule has 3 rings (SSSR count). The molecule has 1 aliphatic rings. The Bertz CT molecular complexity index is 1730. The molecular weight excluding hydrogens is 736 g/mol. The molecule has 308 valence electrons. The fourth-order valence-electron chi connectivity index (χ4n) is 5.61. The molecule has 2 aromatic carbocycles. The van der Waals surface area contributed by atoms with Crippen molar-refractivity contribution in [2.45, 2.75) is 84.4 Å². The predicted molar refractivity (Wildman–Crippen MR) is 211 cm³/mol. The molecule has 0 spiro atoms. The minimum Gasteiger partial charge on any atom is -0.445 e. The monoisotopic (exact) mass is 790 g/mol. The summed E-state index contributed by atoms with van der Waals surface area (Å²) < 4.78 is 5.27. The van der Waals surface area contributed by atoms with Crippen LogP contribution < -0.4 is 37.6 Å². The summed E-state index contributed by atoms with van der Waals surface area (Å²) in [6.07, 6.45) is 4.52. The Morgan fingerprint density at radius 1 is 0.737 bits per heavy atom. The number of primary amides is 1. The lowest BCUT2D eigenvalue weighted by molar-refractivity contribution is -0.137. The second kappa shape index (κ2) is 23.6. The summed E-state index contributed by atoms with van der Waals surface area (Å²) in [6, 6.07) is 11.1. The number of alkyl carbamates (subject to hydrolysis) is 1. The SMILES string of the molecule is Cc1ccc(C(=O)NCCCNC(=O)OCc2ccc(NC(=O)C(CCCNC(N)=O)NC(=O)C(NC(=O)CCCCCN3C(=O)C=CC3=O)C(C)C)cc2)cc1. The Morgan fingerprint density at radius 3 is 2.04 bits per heavy atom. The minimum atomic E-state index is -1.03. The minimum absolute atomic E-state index is 0.0313. The molecule has 1 aliphatic heterocycles. The number of nitrogens with two attached hydrogens (primary N) is 1. The van der Waals surface area contributed by atoms with E-state index in [1.807, 2.05) is 19.1 Å². The van der Waals surface area contributed by atoms with Crippen molar-refractivity contribution in [1.29, 1.82) is 0 Å². The number of anilines is 1. The zero-order chi connectivity index (χ0) is 41.7. The number of hydrogen-bond donors (Lipinski definition) is 7. The summed E-state index contributed by atoms with van der Waals surface area (Å²) in [4.78, 5) is 99.7. The van der Waals surface area contributed by atoms with E-state index in [-0.39, 0.29) is 62.1 Å². The molecule has 0 saturated heterocycles. The van der Waals surface area contributed by atoms with Gasteiger partial charge >= 0.3 is 12.1 Å². The Hall–Kier alpha value is -6.26. The predicted octanol–water partition coefficient (Wildman–Crippen LogP) is 2.54. The molecule has 0 aliphatic carbocycles. The number of hydrogen-bond acceptors (Lipinski definition) is 9. The lowest BCUT2D eigenvalue weighted by atomic mass is 10.0. The third kappa shape index (κ3) is 16.6. The van der Waals surface area contributed by atoms with Crippen LogP contribution in [0.25, 0.3) is 0 Å². The van der Waals surface area contributed by atoms with Gasteiger partial charge in [-0.1, -0.05) is 50.1 Å². The molecule has 9 amide bonds. The number of carbonyl (C=O) groups excluding carboxylic acids is 8. The van der Waals surface area contributed by atoms with Crippen molar-refractivity contribution in [3.63, 3.8) is 0 Å². The van der Waals surface area contributed by atoms with Crippen LogP contribution in [-0.2, 0) is 35.3 Å². The van der Waals surface area contributed by atoms with Gasteiger partial charge in [0.2, 0.25) is 17.7 Å². The number of carbonyl (C=O) groups is 8. The third-order valence-electron chi connectivity index (χ3n) is 8.87. The zero-order valence-electron chi connectivity index (χ0n) is 32.7. The van der Waals surface area contributed by atoms with E-state index in [1.165, 1.54) is 12.2 Å². The lowest BCUT2D eigenvalue weighted by Gasteiger charge is -2.25. The van der Waals surface area contributed by atoms with Crippen LogP contribution in [0.5, 0.6) is 0 Å². The van der Waals surface area contributed by atoms with Crippen LogP contribution in [0.4, 0.5) is 15.3 Å². The highest BCUT2D eigenvalue weighted by atomic mass is 16.5. The topological polar surface area (TPSA) is 247 Å². The molecule has 0 fully saturated rings. The van der Waals surface area contributed by atoms with Crippen LogP contribution in [0.2, 0.25) is 0 Å². The number of nitrogens with one attached hydrogen (secondary N) is 6. The second-order valence-electron chi connectivity index (χ2n) is 13.9. The first kappa shape index (κ1) is 45.1. The summed E-state index contributed by atoms with van der Waals surface area (Å²) in [6.45, 7) is 6.54. The Kier molecular flexibility index (Phi) is 18.7. The van der Waals surface area contributed by atoms with Crippen LogP contribution in [0.3, 0.4) is 0 Å². The van der Waals surface area contributed by atoms with Crippen molar-refractivity contribution in [3.8, 4) is 0 Å². The second-order valence-corrected chi connectivity index (χ2v) is 13.9. The number of urea groups is 1. The fourth-order valence-corrected chi connectivity index (χ4v) is 5.61. The van der Waals surface area contributed by atoms with Gasteiger partial charge < -0.3 is 42.4 Å². The van der Waals surface area contributed by atoms with Crippen molar-refractivity contribution >= 4 is 53.3 Å². The summed E-state index contributed by atoms with van der Waals surface area (Å²) in [5.74, 6) is -2.65. The highest BCUT2D eigenvalue weighted by Gasteiger charge is 2.29. The van der Waals surface area contributed by atoms with Crippen LogP contribution in [0.15, 0.2) is 60.7 Å². The van der Waals surface area contributed by atoms with Crippen molar-refractivity contribution in [1.82, 2.24) is 31.5 Å². The van der Waals surface area contributed by atoms with E-state index in [4.69, 9.17) is 10.5 Å². The molecule has 0 bridgehead atoms. The Labute approximate surface area is 332 Å². The largest absolute Gasteiger partial charge is 0.445 e. The normalized spacial score (nSPS) is 13.1. The molecule has 8 N–H and O–H groups in total. The number of imide groups is 1. The summed E-state index contributed by atoms with van der Waals surface area (Å²) in [5.41, 5.74) is 7.85. The average molecular weight is 791 g/mol. The van der Waals surface area contributed by atoms with Gasteiger partial charge in [-0.25, -0.2) is 9.59 Å². The van der Waals surface area contributed by atoms with Crippen molar-refractivity contribution in [2.75, 3.05) is 31.5 Å². The van der Waals surface area contributed by atoms with Gasteiger partial charge in [0.1, 0.15) is 18.7 Å². The number of unbranched alkanes of at least 4 members (excludes halogenated alkanes) is 2. The third-order valence-corrected chi connectivity index (χ3v) is 8.87. The molecule has 2 atom stereocenters. The molecule has 1 heterocycles. The summed E-state index contributed by atoms with van der Waals surface area (Å²) >= 11 is 0. The van der Waals surface area contributed by atoms with Crippen molar-refractivity contribution < 1.29 is 43.1 Å². The van der Waals surface area contributed by atoms with E-state index < -0.39 is 36.0 Å². The van der Waals surface area contributed by atoms with Crippen LogP contribution in [-0.4, -0.2) is 90.7 Å². The maximum Gasteiger partial charge on any atom is 0.407 e. The number of rotatable bonds is 23. The summed E-state index contributed by atoms with van der Waals surface area (Å²) in [7, 11) is 0. The molecule has 0 aromatic heterocycles. The van der Waals surface area contributed by atoms with E-state index in [9.17, 15) is 38.4 Å². The molecule has 57 heavy (non-hydrogen) atoms. The molecule has 0 saturated carbocycles. The maximum absolute atomic E-state index is 13.4. The molecule has 2 aromatic rings. The molecule has 0 radical (unpaired) electrons. The van der Waals surface area contributed by atoms with E-state index in [0.29, 0.717) is 62.0 Å². The number of nitrogens with zero attached hydrogens (tertiary/aromatic N) is 1. The van der Waals surface area contributed by atoms with E-state index in [0.717, 1.165) is 10.5 Å². The number of benzene rings is 2. The number of ether oxygens (including phenoxy) is 1.